The molecule has 0 atom stereocenters. The van der Waals surface area contributed by atoms with Crippen LogP contribution in [0.25, 0.3) is 16.0 Å². The predicted molar refractivity (Wildman–Crippen MR) is 83.2 cm³/mol. The maximum absolute atomic E-state index is 6.75. The molecule has 1 rings (SSSR count). The standard InChI is InChI=1S/C8H8BrCl2O3PS.N3/c1-12-15(16,13-2)14-8-4-6(10)5(9)3-7(8)11;1-3-2/h3-4H,1-2H3;/q;-1. The molecule has 0 N–H and O–H groups in total. The van der Waals surface area contributed by atoms with Crippen LogP contribution in [0, 0.1) is 0 Å². The molecule has 0 saturated carbocycles. The number of halogens is 3. The number of hydrogen-bond donors (Lipinski definition) is 0. The molecule has 0 unspecified atom stereocenters. The average molecular weight is 408 g/mol. The molecule has 0 heterocycles. The van der Waals surface area contributed by atoms with E-state index < -0.39 is 6.72 Å². The Kier molecular flexibility index (Phi) is 8.98. The molecule has 1 aromatic rings. The molecule has 0 aliphatic carbocycles. The summed E-state index contributed by atoms with van der Waals surface area (Å²) in [7, 11) is 2.83. The quantitative estimate of drug-likeness (QED) is 0.216. The third-order valence-corrected chi connectivity index (χ3v) is 5.56. The third kappa shape index (κ3) is 6.29. The molecule has 106 valence electrons. The van der Waals surface area contributed by atoms with Crippen LogP contribution in [0.3, 0.4) is 0 Å². The highest BCUT2D eigenvalue weighted by atomic mass is 79.9. The van der Waals surface area contributed by atoms with E-state index in [-0.39, 0.29) is 0 Å². The lowest BCUT2D eigenvalue weighted by molar-refractivity contribution is 0.273. The lowest BCUT2D eigenvalue weighted by Crippen LogP contribution is -1.97. The van der Waals surface area contributed by atoms with E-state index in [1.807, 2.05) is 0 Å². The second kappa shape index (κ2) is 9.00. The number of benzene rings is 1. The summed E-state index contributed by atoms with van der Waals surface area (Å²) in [6.45, 7) is -2.79. The van der Waals surface area contributed by atoms with Crippen LogP contribution < -0.4 is 4.52 Å². The van der Waals surface area contributed by atoms with Crippen LogP contribution in [0.4, 0.5) is 0 Å². The van der Waals surface area contributed by atoms with Crippen LogP contribution >= 0.6 is 45.9 Å². The lowest BCUT2D eigenvalue weighted by Gasteiger charge is -2.19. The SMILES string of the molecule is COP(=S)(OC)Oc1cc(Cl)c(Br)cc1Cl.[N-]=[N+]=[N-]. The van der Waals surface area contributed by atoms with E-state index in [0.29, 0.717) is 20.3 Å². The van der Waals surface area contributed by atoms with Gasteiger partial charge in [-0.25, -0.2) is 0 Å². The van der Waals surface area contributed by atoms with Crippen LogP contribution in [0.2, 0.25) is 10.0 Å². The molecule has 1 aromatic carbocycles. The minimum atomic E-state index is -2.79. The smallest absolute Gasteiger partial charge is 0.380 e. The minimum absolute atomic E-state index is 0.335. The number of hydrogen-bond acceptors (Lipinski definition) is 4. The molecular formula is C8H8BrCl2N3O3PS-. The Morgan fingerprint density at radius 1 is 1.21 bits per heavy atom. The molecule has 0 amide bonds. The van der Waals surface area contributed by atoms with Gasteiger partial charge in [0.2, 0.25) is 0 Å². The fourth-order valence-corrected chi connectivity index (χ4v) is 2.66. The summed E-state index contributed by atoms with van der Waals surface area (Å²) >= 11 is 20.2. The molecule has 0 aromatic heterocycles. The zero-order chi connectivity index (χ0) is 15.1. The summed E-state index contributed by atoms with van der Waals surface area (Å²) in [4.78, 5) is 1.50. The van der Waals surface area contributed by atoms with Crippen LogP contribution in [-0.4, -0.2) is 14.2 Å². The van der Waals surface area contributed by atoms with E-state index in [1.165, 1.54) is 19.1 Å². The lowest BCUT2D eigenvalue weighted by atomic mass is 10.3. The fraction of sp³-hybridized carbons (Fsp3) is 0.250. The maximum atomic E-state index is 6.75. The van der Waals surface area contributed by atoms with E-state index in [9.17, 15) is 0 Å². The minimum Gasteiger partial charge on any atom is -0.422 e. The molecule has 0 spiro atoms. The first-order valence-electron chi connectivity index (χ1n) is 4.37. The van der Waals surface area contributed by atoms with E-state index in [1.54, 1.807) is 12.1 Å². The largest absolute Gasteiger partial charge is 0.422 e. The second-order valence-electron chi connectivity index (χ2n) is 2.69. The summed E-state index contributed by atoms with van der Waals surface area (Å²) < 4.78 is 16.1. The van der Waals surface area contributed by atoms with E-state index >= 15 is 0 Å². The van der Waals surface area contributed by atoms with Gasteiger partial charge in [-0.15, -0.1) is 0 Å². The molecule has 11 heteroatoms. The average Bonchev–Trinajstić information content (AvgIpc) is 2.37. The van der Waals surface area contributed by atoms with Crippen molar-refractivity contribution < 1.29 is 13.6 Å². The first-order valence-corrected chi connectivity index (χ1v) is 8.48. The zero-order valence-electron chi connectivity index (χ0n) is 9.71. The van der Waals surface area contributed by atoms with Gasteiger partial charge in [0.05, 0.1) is 10.0 Å². The first kappa shape index (κ1) is 19.0. The summed E-state index contributed by atoms with van der Waals surface area (Å²) in [5, 5.41) is 0.841. The molecule has 0 radical (unpaired) electrons. The van der Waals surface area contributed by atoms with Crippen molar-refractivity contribution in [3.63, 3.8) is 0 Å². The van der Waals surface area contributed by atoms with Crippen molar-refractivity contribution in [2.24, 2.45) is 0 Å². The van der Waals surface area contributed by atoms with Gasteiger partial charge in [-0.2, -0.15) is 0 Å². The Hall–Kier alpha value is -0.0400. The van der Waals surface area contributed by atoms with Crippen molar-refractivity contribution >= 4 is 57.7 Å². The van der Waals surface area contributed by atoms with Crippen molar-refractivity contribution in [2.75, 3.05) is 14.2 Å². The van der Waals surface area contributed by atoms with Crippen LogP contribution in [0.1, 0.15) is 0 Å². The monoisotopic (exact) mass is 406 g/mol. The van der Waals surface area contributed by atoms with Gasteiger partial charge in [-0.1, -0.05) is 23.2 Å². The highest BCUT2D eigenvalue weighted by molar-refractivity contribution is 9.10. The van der Waals surface area contributed by atoms with Gasteiger partial charge in [0.25, 0.3) is 0 Å². The van der Waals surface area contributed by atoms with Crippen molar-refractivity contribution in [1.82, 2.24) is 0 Å². The summed E-state index contributed by atoms with van der Waals surface area (Å²) in [5.74, 6) is 0.335. The van der Waals surface area contributed by atoms with Gasteiger partial charge in [-0.3, -0.25) is 4.91 Å². The second-order valence-corrected chi connectivity index (χ2v) is 7.51. The Morgan fingerprint density at radius 3 is 2.11 bits per heavy atom. The molecule has 0 bridgehead atoms. The Balaban J connectivity index is 0.000000982. The molecule has 19 heavy (non-hydrogen) atoms. The predicted octanol–water partition coefficient (Wildman–Crippen LogP) is 5.52. The number of nitrogens with zero attached hydrogens (tertiary/aromatic N) is 3. The van der Waals surface area contributed by atoms with E-state index in [0.717, 1.165) is 0 Å². The van der Waals surface area contributed by atoms with E-state index in [2.05, 4.69) is 15.9 Å². The molecule has 0 aliphatic rings. The topological polar surface area (TPSA) is 86.4 Å². The third-order valence-electron chi connectivity index (χ3n) is 1.63. The highest BCUT2D eigenvalue weighted by Gasteiger charge is 2.20. The van der Waals surface area contributed by atoms with Crippen LogP contribution in [-0.2, 0) is 20.9 Å². The van der Waals surface area contributed by atoms with Crippen molar-refractivity contribution in [1.29, 1.82) is 0 Å². The Labute approximate surface area is 133 Å². The van der Waals surface area contributed by atoms with Gasteiger partial charge >= 0.3 is 6.72 Å². The van der Waals surface area contributed by atoms with Crippen molar-refractivity contribution in [2.45, 2.75) is 0 Å². The summed E-state index contributed by atoms with van der Waals surface area (Å²) in [6.07, 6.45) is 0. The van der Waals surface area contributed by atoms with Crippen molar-refractivity contribution in [3.05, 3.63) is 42.6 Å². The first-order chi connectivity index (χ1) is 8.83. The fourth-order valence-electron chi connectivity index (χ4n) is 0.844. The van der Waals surface area contributed by atoms with Gasteiger partial charge in [0, 0.05) is 36.6 Å². The molecule has 0 fully saturated rings. The van der Waals surface area contributed by atoms with Gasteiger partial charge < -0.3 is 24.6 Å². The molecule has 0 saturated heterocycles. The molecular weight excluding hydrogens is 400 g/mol. The van der Waals surface area contributed by atoms with Gasteiger partial charge in [-0.05, 0) is 22.0 Å². The number of rotatable bonds is 4. The van der Waals surface area contributed by atoms with E-state index in [4.69, 9.17) is 59.6 Å². The van der Waals surface area contributed by atoms with Gasteiger partial charge in [0.1, 0.15) is 5.75 Å². The zero-order valence-corrected chi connectivity index (χ0v) is 14.5. The Morgan fingerprint density at radius 2 is 1.68 bits per heavy atom. The highest BCUT2D eigenvalue weighted by Crippen LogP contribution is 2.50. The normalized spacial score (nSPS) is 10.2. The van der Waals surface area contributed by atoms with Gasteiger partial charge in [0.15, 0.2) is 0 Å². The summed E-state index contributed by atoms with van der Waals surface area (Å²) in [6, 6.07) is 3.16. The molecule has 0 aliphatic heterocycles. The summed E-state index contributed by atoms with van der Waals surface area (Å²) in [5.41, 5.74) is 13.5. The van der Waals surface area contributed by atoms with Crippen LogP contribution in [0.15, 0.2) is 16.6 Å². The maximum Gasteiger partial charge on any atom is 0.380 e. The van der Waals surface area contributed by atoms with Crippen molar-refractivity contribution in [3.8, 4) is 5.75 Å². The van der Waals surface area contributed by atoms with Crippen LogP contribution in [0.5, 0.6) is 5.75 Å². The Bertz CT molecular complexity index is 520. The molecule has 6 nitrogen and oxygen atoms in total.